The van der Waals surface area contributed by atoms with Gasteiger partial charge in [0.25, 0.3) is 0 Å². The number of carbonyl (C=O) groups is 3. The summed E-state index contributed by atoms with van der Waals surface area (Å²) >= 11 is 0. The van der Waals surface area contributed by atoms with Gasteiger partial charge in [-0.2, -0.15) is 0 Å². The molecule has 182 valence electrons. The third kappa shape index (κ3) is 9.69. The number of hydrogen-bond donors (Lipinski definition) is 2. The minimum Gasteiger partial charge on any atom is -0.350 e. The van der Waals surface area contributed by atoms with E-state index >= 15 is 0 Å². The van der Waals surface area contributed by atoms with Crippen LogP contribution in [0.15, 0.2) is 12.2 Å². The van der Waals surface area contributed by atoms with Gasteiger partial charge in [-0.3, -0.25) is 14.4 Å². The van der Waals surface area contributed by atoms with E-state index in [1.165, 1.54) is 0 Å². The topological polar surface area (TPSA) is 97.0 Å². The van der Waals surface area contributed by atoms with Crippen LogP contribution in [0.4, 0.5) is 0 Å². The second-order valence-electron chi connectivity index (χ2n) is 9.34. The first-order chi connectivity index (χ1) is 15.4. The highest BCUT2D eigenvalue weighted by Gasteiger charge is 2.29. The zero-order valence-corrected chi connectivity index (χ0v) is 19.9. The van der Waals surface area contributed by atoms with Crippen LogP contribution in [0.5, 0.6) is 0 Å². The Balaban J connectivity index is 2.03. The van der Waals surface area contributed by atoms with E-state index in [4.69, 9.17) is 9.57 Å². The fraction of sp³-hybridized carbons (Fsp3) is 0.792. The van der Waals surface area contributed by atoms with Crippen LogP contribution in [-0.4, -0.2) is 55.2 Å². The maximum atomic E-state index is 13.1. The fourth-order valence-corrected chi connectivity index (χ4v) is 4.05. The van der Waals surface area contributed by atoms with Gasteiger partial charge in [0.15, 0.2) is 6.29 Å². The molecule has 2 aliphatic rings. The highest BCUT2D eigenvalue weighted by atomic mass is 16.8. The summed E-state index contributed by atoms with van der Waals surface area (Å²) in [7, 11) is 1.78. The first-order valence-electron chi connectivity index (χ1n) is 12.1. The monoisotopic (exact) mass is 451 g/mol. The van der Waals surface area contributed by atoms with Crippen molar-refractivity contribution in [2.75, 3.05) is 20.2 Å². The average molecular weight is 452 g/mol. The largest absolute Gasteiger partial charge is 0.350 e. The van der Waals surface area contributed by atoms with Crippen molar-refractivity contribution in [2.24, 2.45) is 11.8 Å². The number of nitrogens with zero attached hydrogens (tertiary/aromatic N) is 1. The molecule has 1 saturated heterocycles. The molecular weight excluding hydrogens is 410 g/mol. The summed E-state index contributed by atoms with van der Waals surface area (Å²) in [5, 5.41) is 2.95. The maximum absolute atomic E-state index is 13.1. The Morgan fingerprint density at radius 2 is 1.94 bits per heavy atom. The Morgan fingerprint density at radius 3 is 2.62 bits per heavy atom. The lowest BCUT2D eigenvalue weighted by Crippen LogP contribution is -2.50. The molecule has 8 nitrogen and oxygen atoms in total. The first-order valence-corrected chi connectivity index (χ1v) is 12.1. The van der Waals surface area contributed by atoms with Crippen LogP contribution in [0.3, 0.4) is 0 Å². The summed E-state index contributed by atoms with van der Waals surface area (Å²) in [4.78, 5) is 45.7. The molecule has 32 heavy (non-hydrogen) atoms. The Hall–Kier alpha value is -1.93. The van der Waals surface area contributed by atoms with E-state index in [1.807, 2.05) is 13.8 Å². The maximum Gasteiger partial charge on any atom is 0.244 e. The van der Waals surface area contributed by atoms with E-state index in [9.17, 15) is 14.4 Å². The van der Waals surface area contributed by atoms with Crippen molar-refractivity contribution in [3.63, 3.8) is 0 Å². The van der Waals surface area contributed by atoms with Crippen molar-refractivity contribution in [2.45, 2.75) is 90.4 Å². The summed E-state index contributed by atoms with van der Waals surface area (Å²) in [6.45, 7) is 5.34. The molecule has 2 rings (SSSR count). The van der Waals surface area contributed by atoms with Gasteiger partial charge < -0.3 is 15.0 Å². The molecule has 2 heterocycles. The van der Waals surface area contributed by atoms with Crippen molar-refractivity contribution in [1.82, 2.24) is 15.7 Å². The number of rotatable bonds is 6. The summed E-state index contributed by atoms with van der Waals surface area (Å²) in [5.41, 5.74) is 2.45. The summed E-state index contributed by atoms with van der Waals surface area (Å²) in [6, 6.07) is -0.580. The lowest BCUT2D eigenvalue weighted by Gasteiger charge is -2.28. The molecule has 0 aliphatic carbocycles. The van der Waals surface area contributed by atoms with E-state index < -0.39 is 18.2 Å². The van der Waals surface area contributed by atoms with Crippen molar-refractivity contribution < 1.29 is 24.0 Å². The van der Waals surface area contributed by atoms with E-state index in [2.05, 4.69) is 22.9 Å². The number of hydroxylamine groups is 1. The van der Waals surface area contributed by atoms with Gasteiger partial charge in [0.05, 0.1) is 0 Å². The SMILES string of the molecule is CC(C)CC1NC(=O)C(CC(=O)NO[C@H]2CCCCO2)CCCC=CCCCN(C)C1=O. The average Bonchev–Trinajstić information content (AvgIpc) is 2.77. The number of allylic oxidation sites excluding steroid dienone is 2. The van der Waals surface area contributed by atoms with Gasteiger partial charge in [0, 0.05) is 39.0 Å². The Morgan fingerprint density at radius 1 is 1.19 bits per heavy atom. The van der Waals surface area contributed by atoms with Crippen LogP contribution >= 0.6 is 0 Å². The zero-order chi connectivity index (χ0) is 23.3. The molecule has 0 radical (unpaired) electrons. The quantitative estimate of drug-likeness (QED) is 0.478. The van der Waals surface area contributed by atoms with Crippen molar-refractivity contribution in [3.8, 4) is 0 Å². The van der Waals surface area contributed by atoms with Crippen LogP contribution in [0.2, 0.25) is 0 Å². The van der Waals surface area contributed by atoms with Crippen LogP contribution in [0.25, 0.3) is 0 Å². The highest BCUT2D eigenvalue weighted by Crippen LogP contribution is 2.18. The van der Waals surface area contributed by atoms with Crippen molar-refractivity contribution in [1.29, 1.82) is 0 Å². The van der Waals surface area contributed by atoms with Gasteiger partial charge in [-0.05, 0) is 57.3 Å². The fourth-order valence-electron chi connectivity index (χ4n) is 4.05. The van der Waals surface area contributed by atoms with Gasteiger partial charge in [0.2, 0.25) is 17.7 Å². The Bertz CT molecular complexity index is 631. The third-order valence-electron chi connectivity index (χ3n) is 5.90. The Kier molecular flexibility index (Phi) is 11.7. The molecule has 3 amide bonds. The minimum absolute atomic E-state index is 0.0146. The molecule has 1 fully saturated rings. The molecule has 0 aromatic rings. The van der Waals surface area contributed by atoms with Gasteiger partial charge in [0.1, 0.15) is 6.04 Å². The van der Waals surface area contributed by atoms with Gasteiger partial charge in [-0.25, -0.2) is 10.3 Å². The number of nitrogens with one attached hydrogen (secondary N) is 2. The molecule has 3 atom stereocenters. The normalized spacial score (nSPS) is 26.5. The lowest BCUT2D eigenvalue weighted by atomic mass is 9.95. The predicted octanol–water partition coefficient (Wildman–Crippen LogP) is 3.08. The number of hydrogen-bond acceptors (Lipinski definition) is 5. The Labute approximate surface area is 192 Å². The first kappa shape index (κ1) is 26.3. The molecule has 2 unspecified atom stereocenters. The van der Waals surface area contributed by atoms with E-state index in [1.54, 1.807) is 11.9 Å². The van der Waals surface area contributed by atoms with Crippen LogP contribution in [0.1, 0.15) is 78.1 Å². The predicted molar refractivity (Wildman–Crippen MR) is 122 cm³/mol. The number of ether oxygens (including phenoxy) is 1. The van der Waals surface area contributed by atoms with Gasteiger partial charge in [-0.1, -0.05) is 26.0 Å². The number of amides is 3. The smallest absolute Gasteiger partial charge is 0.244 e. The van der Waals surface area contributed by atoms with Gasteiger partial charge in [-0.15, -0.1) is 0 Å². The zero-order valence-electron chi connectivity index (χ0n) is 19.9. The molecule has 0 saturated carbocycles. The number of carbonyl (C=O) groups excluding carboxylic acids is 3. The van der Waals surface area contributed by atoms with E-state index in [0.29, 0.717) is 26.0 Å². The molecule has 0 aromatic heterocycles. The summed E-state index contributed by atoms with van der Waals surface area (Å²) in [6.07, 6.45) is 11.2. The molecule has 8 heteroatoms. The molecule has 0 aromatic carbocycles. The summed E-state index contributed by atoms with van der Waals surface area (Å²) < 4.78 is 5.46. The van der Waals surface area contributed by atoms with Crippen LogP contribution < -0.4 is 10.8 Å². The lowest BCUT2D eigenvalue weighted by molar-refractivity contribution is -0.200. The molecular formula is C24H41N3O5. The molecule has 0 bridgehead atoms. The van der Waals surface area contributed by atoms with Crippen molar-refractivity contribution in [3.05, 3.63) is 12.2 Å². The van der Waals surface area contributed by atoms with E-state index in [-0.39, 0.29) is 30.1 Å². The highest BCUT2D eigenvalue weighted by molar-refractivity contribution is 5.90. The second kappa shape index (κ2) is 14.3. The van der Waals surface area contributed by atoms with E-state index in [0.717, 1.165) is 44.9 Å². The van der Waals surface area contributed by atoms with Gasteiger partial charge >= 0.3 is 0 Å². The third-order valence-corrected chi connectivity index (χ3v) is 5.90. The second-order valence-corrected chi connectivity index (χ2v) is 9.34. The molecule has 0 spiro atoms. The minimum atomic E-state index is -0.580. The van der Waals surface area contributed by atoms with Crippen molar-refractivity contribution >= 4 is 17.7 Å². The van der Waals surface area contributed by atoms with Crippen LogP contribution in [0, 0.1) is 11.8 Å². The number of likely N-dealkylation sites (N-methyl/N-ethyl adjacent to an activating group) is 1. The van der Waals surface area contributed by atoms with Crippen LogP contribution in [-0.2, 0) is 24.0 Å². The molecule has 2 aliphatic heterocycles. The summed E-state index contributed by atoms with van der Waals surface area (Å²) in [5.74, 6) is -0.934. The molecule has 2 N–H and O–H groups in total. The standard InChI is InChI=1S/C24H41N3O5/c1-18(2)16-20-24(30)27(3)14-10-7-5-4-6-8-12-19(23(29)25-20)17-21(28)26-32-22-13-9-11-15-31-22/h4-5,18-20,22H,6-17H2,1-3H3,(H,25,29)(H,26,28)/t19?,20?,22-/m0/s1.